The molecule has 0 saturated heterocycles. The Kier molecular flexibility index (Phi) is 4.41. The molecule has 22 heavy (non-hydrogen) atoms. The third kappa shape index (κ3) is 3.29. The SMILES string of the molecule is CCc1sc(Nc2cccc(F)c2)nc1-c1ccc(Cl)cc1. The summed E-state index contributed by atoms with van der Waals surface area (Å²) in [5.74, 6) is -0.268. The van der Waals surface area contributed by atoms with E-state index in [-0.39, 0.29) is 5.82 Å². The molecule has 0 bridgehead atoms. The standard InChI is InChI=1S/C17H14ClFN2S/c1-2-15-16(11-6-8-12(18)9-7-11)21-17(22-15)20-14-5-3-4-13(19)10-14/h3-10H,2H2,1H3,(H,20,21). The number of nitrogens with one attached hydrogen (secondary N) is 1. The van der Waals surface area contributed by atoms with Crippen LogP contribution >= 0.6 is 22.9 Å². The van der Waals surface area contributed by atoms with Crippen LogP contribution in [0.15, 0.2) is 48.5 Å². The monoisotopic (exact) mass is 332 g/mol. The van der Waals surface area contributed by atoms with Gasteiger partial charge in [0.15, 0.2) is 5.13 Å². The van der Waals surface area contributed by atoms with Crippen LogP contribution in [0.3, 0.4) is 0 Å². The number of thiazole rings is 1. The Balaban J connectivity index is 1.92. The van der Waals surface area contributed by atoms with Crippen molar-refractivity contribution in [1.82, 2.24) is 4.98 Å². The van der Waals surface area contributed by atoms with E-state index >= 15 is 0 Å². The Morgan fingerprint density at radius 3 is 2.64 bits per heavy atom. The van der Waals surface area contributed by atoms with E-state index in [4.69, 9.17) is 11.6 Å². The lowest BCUT2D eigenvalue weighted by molar-refractivity contribution is 0.628. The molecule has 3 rings (SSSR count). The summed E-state index contributed by atoms with van der Waals surface area (Å²) in [5.41, 5.74) is 2.67. The number of halogens is 2. The minimum atomic E-state index is -0.268. The quantitative estimate of drug-likeness (QED) is 0.642. The molecule has 5 heteroatoms. The molecule has 112 valence electrons. The summed E-state index contributed by atoms with van der Waals surface area (Å²) in [4.78, 5) is 5.83. The van der Waals surface area contributed by atoms with Crippen molar-refractivity contribution < 1.29 is 4.39 Å². The Morgan fingerprint density at radius 1 is 1.18 bits per heavy atom. The molecule has 0 amide bonds. The Bertz CT molecular complexity index is 784. The molecular formula is C17H14ClFN2S. The van der Waals surface area contributed by atoms with E-state index in [0.29, 0.717) is 10.7 Å². The van der Waals surface area contributed by atoms with Crippen LogP contribution in [0.1, 0.15) is 11.8 Å². The predicted molar refractivity (Wildman–Crippen MR) is 91.6 cm³/mol. The fourth-order valence-electron chi connectivity index (χ4n) is 2.17. The second kappa shape index (κ2) is 6.46. The molecular weight excluding hydrogens is 319 g/mol. The molecule has 2 aromatic carbocycles. The molecule has 3 aromatic rings. The van der Waals surface area contributed by atoms with Gasteiger partial charge in [-0.3, -0.25) is 0 Å². The molecule has 0 aliphatic carbocycles. The molecule has 0 atom stereocenters. The minimum Gasteiger partial charge on any atom is -0.331 e. The van der Waals surface area contributed by atoms with Crippen molar-refractivity contribution in [2.24, 2.45) is 0 Å². The lowest BCUT2D eigenvalue weighted by Gasteiger charge is -2.02. The van der Waals surface area contributed by atoms with Gasteiger partial charge in [-0.15, -0.1) is 11.3 Å². The number of benzene rings is 2. The number of anilines is 2. The summed E-state index contributed by atoms with van der Waals surface area (Å²) in [5, 5.41) is 4.62. The number of nitrogens with zero attached hydrogens (tertiary/aromatic N) is 1. The molecule has 0 radical (unpaired) electrons. The highest BCUT2D eigenvalue weighted by Gasteiger charge is 2.12. The topological polar surface area (TPSA) is 24.9 Å². The molecule has 1 aromatic heterocycles. The zero-order valence-corrected chi connectivity index (χ0v) is 13.5. The zero-order chi connectivity index (χ0) is 15.5. The van der Waals surface area contributed by atoms with E-state index in [2.05, 4.69) is 17.2 Å². The predicted octanol–water partition coefficient (Wildman–Crippen LogP) is 5.91. The zero-order valence-electron chi connectivity index (χ0n) is 11.9. The van der Waals surface area contributed by atoms with Crippen LogP contribution in [0.4, 0.5) is 15.2 Å². The first-order valence-electron chi connectivity index (χ1n) is 6.94. The number of rotatable bonds is 4. The van der Waals surface area contributed by atoms with Gasteiger partial charge in [0.1, 0.15) is 5.82 Å². The van der Waals surface area contributed by atoms with Gasteiger partial charge >= 0.3 is 0 Å². The third-order valence-electron chi connectivity index (χ3n) is 3.21. The number of hydrogen-bond acceptors (Lipinski definition) is 3. The molecule has 0 unspecified atom stereocenters. The maximum absolute atomic E-state index is 13.3. The summed E-state index contributed by atoms with van der Waals surface area (Å²) in [7, 11) is 0. The fraction of sp³-hybridized carbons (Fsp3) is 0.118. The number of aromatic nitrogens is 1. The molecule has 2 nitrogen and oxygen atoms in total. The highest BCUT2D eigenvalue weighted by Crippen LogP contribution is 2.33. The van der Waals surface area contributed by atoms with Gasteiger partial charge in [0.25, 0.3) is 0 Å². The van der Waals surface area contributed by atoms with Crippen LogP contribution in [0.5, 0.6) is 0 Å². The lowest BCUT2D eigenvalue weighted by atomic mass is 10.1. The van der Waals surface area contributed by atoms with Gasteiger partial charge in [-0.1, -0.05) is 36.7 Å². The van der Waals surface area contributed by atoms with Crippen LogP contribution in [-0.2, 0) is 6.42 Å². The molecule has 0 aliphatic rings. The van der Waals surface area contributed by atoms with Gasteiger partial charge < -0.3 is 5.32 Å². The second-order valence-electron chi connectivity index (χ2n) is 4.79. The van der Waals surface area contributed by atoms with Gasteiger partial charge in [0.2, 0.25) is 0 Å². The highest BCUT2D eigenvalue weighted by atomic mass is 35.5. The summed E-state index contributed by atoms with van der Waals surface area (Å²) < 4.78 is 13.3. The van der Waals surface area contributed by atoms with Crippen molar-refractivity contribution in [2.75, 3.05) is 5.32 Å². The molecule has 0 aliphatic heterocycles. The van der Waals surface area contributed by atoms with Gasteiger partial charge in [-0.2, -0.15) is 0 Å². The van der Waals surface area contributed by atoms with Crippen LogP contribution in [0.25, 0.3) is 11.3 Å². The van der Waals surface area contributed by atoms with Gasteiger partial charge in [-0.05, 0) is 36.8 Å². The van der Waals surface area contributed by atoms with E-state index in [9.17, 15) is 4.39 Å². The average Bonchev–Trinajstić information content (AvgIpc) is 2.91. The van der Waals surface area contributed by atoms with E-state index < -0.39 is 0 Å². The summed E-state index contributed by atoms with van der Waals surface area (Å²) in [6.45, 7) is 2.10. The first kappa shape index (κ1) is 15.0. The smallest absolute Gasteiger partial charge is 0.187 e. The maximum atomic E-state index is 13.3. The average molecular weight is 333 g/mol. The molecule has 0 saturated carbocycles. The van der Waals surface area contributed by atoms with Crippen molar-refractivity contribution in [1.29, 1.82) is 0 Å². The van der Waals surface area contributed by atoms with Crippen molar-refractivity contribution in [2.45, 2.75) is 13.3 Å². The van der Waals surface area contributed by atoms with Crippen molar-refractivity contribution in [3.63, 3.8) is 0 Å². The van der Waals surface area contributed by atoms with Gasteiger partial charge in [-0.25, -0.2) is 9.37 Å². The Labute approximate surface area is 137 Å². The second-order valence-corrected chi connectivity index (χ2v) is 6.31. The first-order chi connectivity index (χ1) is 10.7. The number of hydrogen-bond donors (Lipinski definition) is 1. The third-order valence-corrected chi connectivity index (χ3v) is 4.58. The molecule has 0 spiro atoms. The Hall–Kier alpha value is -1.91. The minimum absolute atomic E-state index is 0.268. The van der Waals surface area contributed by atoms with Crippen molar-refractivity contribution in [3.8, 4) is 11.3 Å². The van der Waals surface area contributed by atoms with E-state index in [1.165, 1.54) is 17.0 Å². The highest BCUT2D eigenvalue weighted by molar-refractivity contribution is 7.16. The largest absolute Gasteiger partial charge is 0.331 e. The molecule has 1 N–H and O–H groups in total. The van der Waals surface area contributed by atoms with Crippen molar-refractivity contribution >= 4 is 33.8 Å². The normalized spacial score (nSPS) is 10.7. The van der Waals surface area contributed by atoms with E-state index in [0.717, 1.165) is 22.8 Å². The number of aryl methyl sites for hydroxylation is 1. The summed E-state index contributed by atoms with van der Waals surface area (Å²) in [6.07, 6.45) is 0.889. The van der Waals surface area contributed by atoms with Gasteiger partial charge in [0.05, 0.1) is 5.69 Å². The lowest BCUT2D eigenvalue weighted by Crippen LogP contribution is -1.90. The maximum Gasteiger partial charge on any atom is 0.187 e. The summed E-state index contributed by atoms with van der Waals surface area (Å²) in [6, 6.07) is 14.0. The summed E-state index contributed by atoms with van der Waals surface area (Å²) >= 11 is 7.52. The van der Waals surface area contributed by atoms with Crippen LogP contribution in [-0.4, -0.2) is 4.98 Å². The van der Waals surface area contributed by atoms with E-state index in [1.807, 2.05) is 30.3 Å². The van der Waals surface area contributed by atoms with Crippen LogP contribution in [0, 0.1) is 5.82 Å². The van der Waals surface area contributed by atoms with E-state index in [1.54, 1.807) is 17.4 Å². The first-order valence-corrected chi connectivity index (χ1v) is 8.13. The van der Waals surface area contributed by atoms with Crippen LogP contribution < -0.4 is 5.32 Å². The van der Waals surface area contributed by atoms with Gasteiger partial charge in [0, 0.05) is 21.2 Å². The molecule has 0 fully saturated rings. The molecule has 1 heterocycles. The van der Waals surface area contributed by atoms with Crippen molar-refractivity contribution in [3.05, 3.63) is 64.2 Å². The Morgan fingerprint density at radius 2 is 1.95 bits per heavy atom. The van der Waals surface area contributed by atoms with Crippen LogP contribution in [0.2, 0.25) is 5.02 Å². The fourth-order valence-corrected chi connectivity index (χ4v) is 3.24.